The van der Waals surface area contributed by atoms with Crippen molar-refractivity contribution < 1.29 is 4.79 Å². The van der Waals surface area contributed by atoms with Crippen LogP contribution < -0.4 is 5.32 Å². The number of nitrogens with one attached hydrogen (secondary N) is 1. The zero-order valence-electron chi connectivity index (χ0n) is 12.1. The summed E-state index contributed by atoms with van der Waals surface area (Å²) < 4.78 is 0. The molecule has 2 aliphatic rings. The standard InChI is InChI=1S/C16H27NO/c1-5-9-17-13(18)16(6-2)11-14(3)7-8-15(4,10-14)12-16/h5H,1,6-12H2,2-4H3,(H,17,18). The lowest BCUT2D eigenvalue weighted by molar-refractivity contribution is -0.138. The molecule has 0 spiro atoms. The van der Waals surface area contributed by atoms with Crippen molar-refractivity contribution in [3.63, 3.8) is 0 Å². The van der Waals surface area contributed by atoms with Crippen molar-refractivity contribution in [1.82, 2.24) is 5.32 Å². The van der Waals surface area contributed by atoms with Crippen LogP contribution in [0.1, 0.15) is 59.3 Å². The van der Waals surface area contributed by atoms with Crippen molar-refractivity contribution in [3.05, 3.63) is 12.7 Å². The van der Waals surface area contributed by atoms with Crippen molar-refractivity contribution in [3.8, 4) is 0 Å². The molecule has 0 heterocycles. The summed E-state index contributed by atoms with van der Waals surface area (Å²) in [4.78, 5) is 12.6. The first kappa shape index (κ1) is 13.6. The highest BCUT2D eigenvalue weighted by molar-refractivity contribution is 5.83. The van der Waals surface area contributed by atoms with Crippen LogP contribution in [0.15, 0.2) is 12.7 Å². The van der Waals surface area contributed by atoms with Crippen LogP contribution in [0.3, 0.4) is 0 Å². The third-order valence-corrected chi connectivity index (χ3v) is 5.28. The average molecular weight is 249 g/mol. The molecule has 2 nitrogen and oxygen atoms in total. The van der Waals surface area contributed by atoms with E-state index in [4.69, 9.17) is 0 Å². The highest BCUT2D eigenvalue weighted by Gasteiger charge is 2.56. The Hall–Kier alpha value is -0.790. The van der Waals surface area contributed by atoms with Crippen molar-refractivity contribution >= 4 is 5.91 Å². The molecule has 0 aromatic rings. The molecule has 1 amide bonds. The number of rotatable bonds is 4. The van der Waals surface area contributed by atoms with Crippen LogP contribution in [-0.2, 0) is 4.79 Å². The summed E-state index contributed by atoms with van der Waals surface area (Å²) in [5, 5.41) is 3.04. The van der Waals surface area contributed by atoms with Gasteiger partial charge >= 0.3 is 0 Å². The molecule has 0 radical (unpaired) electrons. The normalized spacial score (nSPS) is 42.6. The molecule has 2 heteroatoms. The number of hydrogen-bond donors (Lipinski definition) is 1. The van der Waals surface area contributed by atoms with Crippen molar-refractivity contribution in [1.29, 1.82) is 0 Å². The molecule has 2 fully saturated rings. The van der Waals surface area contributed by atoms with Gasteiger partial charge in [-0.15, -0.1) is 6.58 Å². The van der Waals surface area contributed by atoms with Gasteiger partial charge in [-0.2, -0.15) is 0 Å². The minimum atomic E-state index is -0.138. The lowest BCUT2D eigenvalue weighted by Gasteiger charge is -2.47. The van der Waals surface area contributed by atoms with E-state index in [-0.39, 0.29) is 11.3 Å². The molecule has 2 unspecified atom stereocenters. The van der Waals surface area contributed by atoms with Gasteiger partial charge in [-0.1, -0.05) is 26.8 Å². The minimum Gasteiger partial charge on any atom is -0.352 e. The molecule has 1 N–H and O–H groups in total. The molecule has 2 aliphatic carbocycles. The lowest BCUT2D eigenvalue weighted by atomic mass is 9.57. The Bertz CT molecular complexity index is 344. The van der Waals surface area contributed by atoms with Crippen molar-refractivity contribution in [2.75, 3.05) is 6.54 Å². The van der Waals surface area contributed by atoms with E-state index in [0.717, 1.165) is 19.3 Å². The molecule has 2 atom stereocenters. The Kier molecular flexibility index (Phi) is 3.33. The number of amides is 1. The Morgan fingerprint density at radius 3 is 2.22 bits per heavy atom. The zero-order valence-corrected chi connectivity index (χ0v) is 12.1. The van der Waals surface area contributed by atoms with E-state index in [1.165, 1.54) is 19.3 Å². The quantitative estimate of drug-likeness (QED) is 0.757. The van der Waals surface area contributed by atoms with Gasteiger partial charge in [0.25, 0.3) is 0 Å². The van der Waals surface area contributed by atoms with E-state index in [1.54, 1.807) is 6.08 Å². The third-order valence-electron chi connectivity index (χ3n) is 5.28. The van der Waals surface area contributed by atoms with Crippen molar-refractivity contribution in [2.24, 2.45) is 16.2 Å². The van der Waals surface area contributed by atoms with E-state index in [9.17, 15) is 4.79 Å². The second-order valence-electron chi connectivity index (χ2n) is 7.28. The molecule has 2 rings (SSSR count). The zero-order chi connectivity index (χ0) is 13.4. The predicted molar refractivity (Wildman–Crippen MR) is 75.2 cm³/mol. The topological polar surface area (TPSA) is 29.1 Å². The number of hydrogen-bond acceptors (Lipinski definition) is 1. The van der Waals surface area contributed by atoms with Gasteiger partial charge in [0.05, 0.1) is 0 Å². The van der Waals surface area contributed by atoms with Gasteiger partial charge in [0, 0.05) is 12.0 Å². The Labute approximate surface area is 111 Å². The molecule has 18 heavy (non-hydrogen) atoms. The first-order valence-corrected chi connectivity index (χ1v) is 7.26. The van der Waals surface area contributed by atoms with E-state index in [0.29, 0.717) is 17.4 Å². The first-order chi connectivity index (χ1) is 8.37. The predicted octanol–water partition coefficient (Wildman–Crippen LogP) is 3.68. The summed E-state index contributed by atoms with van der Waals surface area (Å²) in [7, 11) is 0. The molecule has 0 aromatic heterocycles. The maximum Gasteiger partial charge on any atom is 0.226 e. The summed E-state index contributed by atoms with van der Waals surface area (Å²) in [5.74, 6) is 0.254. The summed E-state index contributed by atoms with van der Waals surface area (Å²) >= 11 is 0. The van der Waals surface area contributed by atoms with Crippen LogP contribution >= 0.6 is 0 Å². The number of fused-ring (bicyclic) bond motifs is 2. The van der Waals surface area contributed by atoms with Gasteiger partial charge in [-0.25, -0.2) is 0 Å². The second kappa shape index (κ2) is 4.40. The van der Waals surface area contributed by atoms with Gasteiger partial charge in [0.1, 0.15) is 0 Å². The summed E-state index contributed by atoms with van der Waals surface area (Å²) in [5.41, 5.74) is 0.629. The van der Waals surface area contributed by atoms with Crippen molar-refractivity contribution in [2.45, 2.75) is 59.3 Å². The molecule has 0 aliphatic heterocycles. The maximum atomic E-state index is 12.6. The number of carbonyl (C=O) groups is 1. The third kappa shape index (κ3) is 2.22. The molecular weight excluding hydrogens is 222 g/mol. The van der Waals surface area contributed by atoms with E-state index < -0.39 is 0 Å². The highest BCUT2D eigenvalue weighted by Crippen LogP contribution is 2.64. The van der Waals surface area contributed by atoms with Gasteiger partial charge < -0.3 is 5.32 Å². The maximum absolute atomic E-state index is 12.6. The van der Waals surface area contributed by atoms with E-state index in [1.807, 2.05) is 0 Å². The fourth-order valence-corrected chi connectivity index (χ4v) is 4.73. The molecule has 2 saturated carbocycles. The monoisotopic (exact) mass is 249 g/mol. The Balaban J connectivity index is 2.22. The SMILES string of the molecule is C=CCNC(=O)C1(CC)CC2(C)CCC(C)(C2)C1. The van der Waals surface area contributed by atoms with Gasteiger partial charge in [-0.05, 0) is 49.4 Å². The molecule has 2 bridgehead atoms. The average Bonchev–Trinajstić information content (AvgIpc) is 2.55. The molecule has 0 aromatic carbocycles. The Morgan fingerprint density at radius 1 is 1.22 bits per heavy atom. The van der Waals surface area contributed by atoms with Gasteiger partial charge in [0.15, 0.2) is 0 Å². The van der Waals surface area contributed by atoms with Gasteiger partial charge in [-0.3, -0.25) is 4.79 Å². The lowest BCUT2D eigenvalue weighted by Crippen LogP contribution is -2.48. The smallest absolute Gasteiger partial charge is 0.226 e. The van der Waals surface area contributed by atoms with Crippen LogP contribution in [0.4, 0.5) is 0 Å². The van der Waals surface area contributed by atoms with Crippen LogP contribution in [0.25, 0.3) is 0 Å². The Morgan fingerprint density at radius 2 is 1.78 bits per heavy atom. The van der Waals surface area contributed by atoms with Crippen LogP contribution in [-0.4, -0.2) is 12.5 Å². The second-order valence-corrected chi connectivity index (χ2v) is 7.28. The van der Waals surface area contributed by atoms with E-state index in [2.05, 4.69) is 32.7 Å². The van der Waals surface area contributed by atoms with Crippen LogP contribution in [0.2, 0.25) is 0 Å². The minimum absolute atomic E-state index is 0.138. The van der Waals surface area contributed by atoms with E-state index >= 15 is 0 Å². The van der Waals surface area contributed by atoms with Crippen LogP contribution in [0, 0.1) is 16.2 Å². The summed E-state index contributed by atoms with van der Waals surface area (Å²) in [6, 6.07) is 0. The summed E-state index contributed by atoms with van der Waals surface area (Å²) in [6.45, 7) is 11.2. The fraction of sp³-hybridized carbons (Fsp3) is 0.812. The highest BCUT2D eigenvalue weighted by atomic mass is 16.2. The molecule has 102 valence electrons. The van der Waals surface area contributed by atoms with Crippen LogP contribution in [0.5, 0.6) is 0 Å². The van der Waals surface area contributed by atoms with Gasteiger partial charge in [0.2, 0.25) is 5.91 Å². The molecular formula is C16H27NO. The summed E-state index contributed by atoms with van der Waals surface area (Å²) in [6.07, 6.45) is 8.74. The number of carbonyl (C=O) groups excluding carboxylic acids is 1. The fourth-order valence-electron chi connectivity index (χ4n) is 4.73. The first-order valence-electron chi connectivity index (χ1n) is 7.26. The molecule has 0 saturated heterocycles. The largest absolute Gasteiger partial charge is 0.352 e.